The van der Waals surface area contributed by atoms with Gasteiger partial charge in [-0.15, -0.1) is 0 Å². The predicted octanol–water partition coefficient (Wildman–Crippen LogP) is 3.34. The summed E-state index contributed by atoms with van der Waals surface area (Å²) in [5.41, 5.74) is 0.612. The molecule has 0 fully saturated rings. The molecule has 0 aliphatic carbocycles. The van der Waals surface area contributed by atoms with E-state index in [2.05, 4.69) is 9.47 Å². The number of halogens is 2. The second-order valence-electron chi connectivity index (χ2n) is 4.03. The molecule has 0 amide bonds. The maximum atomic E-state index is 13.4. The Morgan fingerprint density at radius 1 is 1.33 bits per heavy atom. The van der Waals surface area contributed by atoms with Gasteiger partial charge in [0.25, 0.3) is 0 Å². The summed E-state index contributed by atoms with van der Waals surface area (Å²) in [5, 5.41) is 0. The van der Waals surface area contributed by atoms with E-state index in [4.69, 9.17) is 0 Å². The molecule has 1 aromatic rings. The largest absolute Gasteiger partial charge is 0.502 e. The normalized spacial score (nSPS) is 11.4. The Balaban J connectivity index is 2.93. The summed E-state index contributed by atoms with van der Waals surface area (Å²) in [5.74, 6) is -1.67. The Kier molecular flexibility index (Phi) is 4.64. The van der Waals surface area contributed by atoms with Gasteiger partial charge in [0, 0.05) is 0 Å². The topological polar surface area (TPSA) is 35.5 Å². The standard InChI is InChI=1S/C13H16F2O3/c1-4-17-12(16)13(14,15)18-11-8-6-5-7-10(11)9(2)3/h5-9H,4H2,1-3H3. The molecule has 18 heavy (non-hydrogen) atoms. The van der Waals surface area contributed by atoms with Gasteiger partial charge in [-0.25, -0.2) is 4.79 Å². The van der Waals surface area contributed by atoms with Crippen LogP contribution in [0.1, 0.15) is 32.3 Å². The maximum absolute atomic E-state index is 13.4. The van der Waals surface area contributed by atoms with Gasteiger partial charge in [-0.2, -0.15) is 8.78 Å². The number of hydrogen-bond donors (Lipinski definition) is 0. The molecule has 100 valence electrons. The second-order valence-corrected chi connectivity index (χ2v) is 4.03. The van der Waals surface area contributed by atoms with Crippen LogP contribution in [0.25, 0.3) is 0 Å². The average Bonchev–Trinajstić information content (AvgIpc) is 2.29. The van der Waals surface area contributed by atoms with E-state index >= 15 is 0 Å². The van der Waals surface area contributed by atoms with Crippen LogP contribution >= 0.6 is 0 Å². The third-order valence-electron chi connectivity index (χ3n) is 2.29. The number of esters is 1. The van der Waals surface area contributed by atoms with Crippen molar-refractivity contribution in [1.82, 2.24) is 0 Å². The van der Waals surface area contributed by atoms with Gasteiger partial charge in [0.15, 0.2) is 0 Å². The zero-order valence-corrected chi connectivity index (χ0v) is 10.6. The summed E-state index contributed by atoms with van der Waals surface area (Å²) in [6.45, 7) is 5.04. The summed E-state index contributed by atoms with van der Waals surface area (Å²) in [4.78, 5) is 11.1. The van der Waals surface area contributed by atoms with Gasteiger partial charge in [0.1, 0.15) is 5.75 Å². The molecule has 1 rings (SSSR count). The molecular weight excluding hydrogens is 242 g/mol. The first-order valence-electron chi connectivity index (χ1n) is 5.71. The van der Waals surface area contributed by atoms with E-state index in [0.29, 0.717) is 5.56 Å². The molecule has 0 unspecified atom stereocenters. The Morgan fingerprint density at radius 3 is 2.50 bits per heavy atom. The van der Waals surface area contributed by atoms with E-state index in [-0.39, 0.29) is 18.3 Å². The van der Waals surface area contributed by atoms with E-state index in [9.17, 15) is 13.6 Å². The van der Waals surface area contributed by atoms with Gasteiger partial charge in [-0.05, 0) is 24.5 Å². The lowest BCUT2D eigenvalue weighted by Crippen LogP contribution is -2.37. The zero-order chi connectivity index (χ0) is 13.8. The molecular formula is C13H16F2O3. The van der Waals surface area contributed by atoms with Gasteiger partial charge < -0.3 is 9.47 Å². The van der Waals surface area contributed by atoms with Gasteiger partial charge in [0.05, 0.1) is 6.61 Å². The molecule has 0 saturated carbocycles. The molecule has 1 aromatic carbocycles. The van der Waals surface area contributed by atoms with Crippen LogP contribution in [-0.4, -0.2) is 18.7 Å². The van der Waals surface area contributed by atoms with Crippen LogP contribution in [0, 0.1) is 0 Å². The molecule has 0 radical (unpaired) electrons. The number of ether oxygens (including phenoxy) is 2. The molecule has 0 aromatic heterocycles. The number of carbonyl (C=O) groups excluding carboxylic acids is 1. The Labute approximate surface area is 105 Å². The van der Waals surface area contributed by atoms with Gasteiger partial charge in [-0.1, -0.05) is 32.0 Å². The third-order valence-corrected chi connectivity index (χ3v) is 2.29. The van der Waals surface area contributed by atoms with Gasteiger partial charge >= 0.3 is 12.1 Å². The van der Waals surface area contributed by atoms with E-state index in [1.54, 1.807) is 18.2 Å². The Morgan fingerprint density at radius 2 is 1.94 bits per heavy atom. The SMILES string of the molecule is CCOC(=O)C(F)(F)Oc1ccccc1C(C)C. The molecule has 0 aliphatic rings. The number of para-hydroxylation sites is 1. The fourth-order valence-electron chi connectivity index (χ4n) is 1.45. The third kappa shape index (κ3) is 3.42. The van der Waals surface area contributed by atoms with Crippen molar-refractivity contribution in [3.05, 3.63) is 29.8 Å². The van der Waals surface area contributed by atoms with Gasteiger partial charge in [-0.3, -0.25) is 0 Å². The summed E-state index contributed by atoms with van der Waals surface area (Å²) in [6, 6.07) is 6.39. The second kappa shape index (κ2) is 5.80. The average molecular weight is 258 g/mol. The van der Waals surface area contributed by atoms with Crippen molar-refractivity contribution in [3.8, 4) is 5.75 Å². The molecule has 0 atom stereocenters. The fraction of sp³-hybridized carbons (Fsp3) is 0.462. The minimum absolute atomic E-state index is 0.00875. The fourth-order valence-corrected chi connectivity index (χ4v) is 1.45. The van der Waals surface area contributed by atoms with Crippen molar-refractivity contribution < 1.29 is 23.0 Å². The lowest BCUT2D eigenvalue weighted by molar-refractivity contribution is -0.216. The molecule has 0 heterocycles. The van der Waals surface area contributed by atoms with Crippen LogP contribution in [0.3, 0.4) is 0 Å². The monoisotopic (exact) mass is 258 g/mol. The van der Waals surface area contributed by atoms with Crippen LogP contribution in [0.5, 0.6) is 5.75 Å². The van der Waals surface area contributed by atoms with Crippen molar-refractivity contribution in [2.24, 2.45) is 0 Å². The van der Waals surface area contributed by atoms with Crippen LogP contribution in [0.2, 0.25) is 0 Å². The van der Waals surface area contributed by atoms with E-state index in [1.807, 2.05) is 13.8 Å². The molecule has 0 aliphatic heterocycles. The quantitative estimate of drug-likeness (QED) is 0.760. The molecule has 0 N–H and O–H groups in total. The molecule has 0 spiro atoms. The molecule has 5 heteroatoms. The highest BCUT2D eigenvalue weighted by Crippen LogP contribution is 2.30. The zero-order valence-electron chi connectivity index (χ0n) is 10.6. The summed E-state index contributed by atoms with van der Waals surface area (Å²) < 4.78 is 35.6. The van der Waals surface area contributed by atoms with Crippen molar-refractivity contribution in [2.45, 2.75) is 32.8 Å². The number of alkyl halides is 2. The highest BCUT2D eigenvalue weighted by Gasteiger charge is 2.44. The Bertz CT molecular complexity index is 416. The highest BCUT2D eigenvalue weighted by atomic mass is 19.3. The molecule has 0 saturated heterocycles. The first-order chi connectivity index (χ1) is 8.38. The van der Waals surface area contributed by atoms with Crippen molar-refractivity contribution in [1.29, 1.82) is 0 Å². The van der Waals surface area contributed by atoms with Crippen molar-refractivity contribution in [3.63, 3.8) is 0 Å². The summed E-state index contributed by atoms with van der Waals surface area (Å²) >= 11 is 0. The van der Waals surface area contributed by atoms with E-state index in [0.717, 1.165) is 0 Å². The lowest BCUT2D eigenvalue weighted by atomic mass is 10.0. The maximum Gasteiger partial charge on any atom is 0.502 e. The van der Waals surface area contributed by atoms with Gasteiger partial charge in [0.2, 0.25) is 0 Å². The van der Waals surface area contributed by atoms with Crippen molar-refractivity contribution in [2.75, 3.05) is 6.61 Å². The first-order valence-corrected chi connectivity index (χ1v) is 5.71. The Hall–Kier alpha value is -1.65. The van der Waals surface area contributed by atoms with Crippen LogP contribution in [-0.2, 0) is 9.53 Å². The van der Waals surface area contributed by atoms with Crippen LogP contribution < -0.4 is 4.74 Å². The molecule has 3 nitrogen and oxygen atoms in total. The number of benzene rings is 1. The van der Waals surface area contributed by atoms with Crippen LogP contribution in [0.4, 0.5) is 8.78 Å². The minimum atomic E-state index is -3.97. The lowest BCUT2D eigenvalue weighted by Gasteiger charge is -2.19. The highest BCUT2D eigenvalue weighted by molar-refractivity contribution is 5.76. The smallest absolute Gasteiger partial charge is 0.459 e. The van der Waals surface area contributed by atoms with Crippen molar-refractivity contribution >= 4 is 5.97 Å². The van der Waals surface area contributed by atoms with Crippen LogP contribution in [0.15, 0.2) is 24.3 Å². The number of carbonyl (C=O) groups is 1. The van der Waals surface area contributed by atoms with E-state index < -0.39 is 12.1 Å². The number of hydrogen-bond acceptors (Lipinski definition) is 3. The predicted molar refractivity (Wildman–Crippen MR) is 62.7 cm³/mol. The number of rotatable bonds is 5. The van der Waals surface area contributed by atoms with E-state index in [1.165, 1.54) is 13.0 Å². The summed E-state index contributed by atoms with van der Waals surface area (Å²) in [6.07, 6.45) is -3.97. The summed E-state index contributed by atoms with van der Waals surface area (Å²) in [7, 11) is 0. The first kappa shape index (κ1) is 14.4. The molecule has 0 bridgehead atoms. The minimum Gasteiger partial charge on any atom is -0.459 e.